The van der Waals surface area contributed by atoms with Crippen molar-refractivity contribution in [3.8, 4) is 23.0 Å². The summed E-state index contributed by atoms with van der Waals surface area (Å²) in [5.74, 6) is -2.75. The summed E-state index contributed by atoms with van der Waals surface area (Å²) >= 11 is 0. The predicted molar refractivity (Wildman–Crippen MR) is 89.6 cm³/mol. The van der Waals surface area contributed by atoms with E-state index in [0.29, 0.717) is 0 Å². The summed E-state index contributed by atoms with van der Waals surface area (Å²) < 4.78 is 10.5. The van der Waals surface area contributed by atoms with Gasteiger partial charge in [0.25, 0.3) is 0 Å². The fourth-order valence-corrected chi connectivity index (χ4v) is 2.85. The monoisotopic (exact) mass is 382 g/mol. The average Bonchev–Trinajstić information content (AvgIpc) is 2.78. The van der Waals surface area contributed by atoms with E-state index in [1.165, 1.54) is 12.1 Å². The van der Waals surface area contributed by atoms with Gasteiger partial charge in [-0.15, -0.1) is 0 Å². The van der Waals surface area contributed by atoms with Crippen LogP contribution in [0.25, 0.3) is 10.8 Å². The fraction of sp³-hybridized carbons (Fsp3) is 0.353. The lowest BCUT2D eigenvalue weighted by atomic mass is 9.99. The molecule has 3 rings (SSSR count). The SMILES string of the molecule is O=c1c(O)cccc2cc(O[C@@H]3O[C@H](CO)[C@@H](O)[C@H](O)[C@H]3O)c(O)c(O)c12. The molecule has 1 fully saturated rings. The molecule has 7 N–H and O–H groups in total. The summed E-state index contributed by atoms with van der Waals surface area (Å²) in [6.45, 7) is -0.672. The summed E-state index contributed by atoms with van der Waals surface area (Å²) in [5, 5.41) is 68.4. The third-order valence-electron chi connectivity index (χ3n) is 4.35. The molecule has 1 aliphatic heterocycles. The summed E-state index contributed by atoms with van der Waals surface area (Å²) in [7, 11) is 0. The van der Waals surface area contributed by atoms with Gasteiger partial charge in [0.2, 0.25) is 17.5 Å². The number of hydrogen-bond acceptors (Lipinski definition) is 10. The van der Waals surface area contributed by atoms with Crippen LogP contribution < -0.4 is 10.2 Å². The second kappa shape index (κ2) is 7.18. The molecule has 2 aromatic rings. The third-order valence-corrected chi connectivity index (χ3v) is 4.35. The van der Waals surface area contributed by atoms with Gasteiger partial charge in [-0.2, -0.15) is 0 Å². The minimum atomic E-state index is -1.73. The van der Waals surface area contributed by atoms with Crippen molar-refractivity contribution in [2.24, 2.45) is 0 Å². The molecule has 0 bridgehead atoms. The minimum Gasteiger partial charge on any atom is -0.504 e. The number of aromatic hydroxyl groups is 3. The lowest BCUT2D eigenvalue weighted by Crippen LogP contribution is -2.60. The Labute approximate surface area is 151 Å². The van der Waals surface area contributed by atoms with Crippen molar-refractivity contribution < 1.29 is 45.2 Å². The van der Waals surface area contributed by atoms with E-state index in [0.717, 1.165) is 12.1 Å². The third kappa shape index (κ3) is 3.24. The highest BCUT2D eigenvalue weighted by molar-refractivity contribution is 5.92. The van der Waals surface area contributed by atoms with E-state index in [9.17, 15) is 40.5 Å². The number of rotatable bonds is 3. The second-order valence-corrected chi connectivity index (χ2v) is 6.09. The van der Waals surface area contributed by atoms with Gasteiger partial charge < -0.3 is 45.2 Å². The maximum atomic E-state index is 12.1. The number of aliphatic hydroxyl groups is 4. The normalized spacial score (nSPS) is 28.2. The molecular formula is C17H18O10. The van der Waals surface area contributed by atoms with E-state index in [4.69, 9.17) is 9.47 Å². The summed E-state index contributed by atoms with van der Waals surface area (Å²) in [4.78, 5) is 12.1. The summed E-state index contributed by atoms with van der Waals surface area (Å²) in [5.41, 5.74) is -0.915. The molecule has 2 aromatic carbocycles. The van der Waals surface area contributed by atoms with Gasteiger partial charge in [0.15, 0.2) is 17.2 Å². The van der Waals surface area contributed by atoms with E-state index in [2.05, 4.69) is 0 Å². The van der Waals surface area contributed by atoms with Gasteiger partial charge in [0.05, 0.1) is 12.0 Å². The number of phenols is 2. The molecule has 27 heavy (non-hydrogen) atoms. The van der Waals surface area contributed by atoms with Crippen LogP contribution in [0, 0.1) is 0 Å². The van der Waals surface area contributed by atoms with Gasteiger partial charge in [-0.05, 0) is 17.5 Å². The van der Waals surface area contributed by atoms with Crippen molar-refractivity contribution >= 4 is 10.8 Å². The van der Waals surface area contributed by atoms with Gasteiger partial charge in [-0.3, -0.25) is 4.79 Å². The first-order chi connectivity index (χ1) is 12.8. The molecule has 5 atom stereocenters. The quantitative estimate of drug-likeness (QED) is 0.309. The van der Waals surface area contributed by atoms with E-state index < -0.39 is 65.7 Å². The molecule has 0 aromatic heterocycles. The van der Waals surface area contributed by atoms with Crippen molar-refractivity contribution in [3.05, 3.63) is 34.5 Å². The van der Waals surface area contributed by atoms with Crippen LogP contribution >= 0.6 is 0 Å². The molecular weight excluding hydrogens is 364 g/mol. The molecule has 0 unspecified atom stereocenters. The lowest BCUT2D eigenvalue weighted by molar-refractivity contribution is -0.277. The minimum absolute atomic E-state index is 0.107. The molecule has 0 radical (unpaired) electrons. The topological polar surface area (TPSA) is 177 Å². The molecule has 1 saturated heterocycles. The maximum Gasteiger partial charge on any atom is 0.231 e. The van der Waals surface area contributed by atoms with Crippen molar-refractivity contribution in [2.45, 2.75) is 30.7 Å². The Morgan fingerprint density at radius 3 is 2.37 bits per heavy atom. The fourth-order valence-electron chi connectivity index (χ4n) is 2.85. The highest BCUT2D eigenvalue weighted by atomic mass is 16.7. The molecule has 1 aliphatic rings. The van der Waals surface area contributed by atoms with Gasteiger partial charge in [-0.1, -0.05) is 12.1 Å². The Kier molecular flexibility index (Phi) is 5.09. The largest absolute Gasteiger partial charge is 0.504 e. The highest BCUT2D eigenvalue weighted by Crippen LogP contribution is 2.41. The zero-order valence-corrected chi connectivity index (χ0v) is 13.8. The maximum absolute atomic E-state index is 12.1. The van der Waals surface area contributed by atoms with Gasteiger partial charge >= 0.3 is 0 Å². The molecule has 146 valence electrons. The van der Waals surface area contributed by atoms with Crippen LogP contribution in [-0.2, 0) is 4.74 Å². The zero-order chi connectivity index (χ0) is 19.9. The summed E-state index contributed by atoms with van der Waals surface area (Å²) in [6, 6.07) is 4.98. The van der Waals surface area contributed by atoms with Crippen LogP contribution in [0.3, 0.4) is 0 Å². The molecule has 10 heteroatoms. The average molecular weight is 382 g/mol. The zero-order valence-electron chi connectivity index (χ0n) is 13.8. The van der Waals surface area contributed by atoms with Crippen molar-refractivity contribution in [3.63, 3.8) is 0 Å². The summed E-state index contributed by atoms with van der Waals surface area (Å²) in [6.07, 6.45) is -7.84. The molecule has 1 heterocycles. The first kappa shape index (κ1) is 19.1. The van der Waals surface area contributed by atoms with E-state index >= 15 is 0 Å². The number of benzene rings is 1. The first-order valence-electron chi connectivity index (χ1n) is 7.94. The number of fused-ring (bicyclic) bond motifs is 1. The first-order valence-corrected chi connectivity index (χ1v) is 7.94. The Hall–Kier alpha value is -2.63. The molecule has 0 saturated carbocycles. The number of hydrogen-bond donors (Lipinski definition) is 7. The number of phenolic OH excluding ortho intramolecular Hbond substituents is 2. The van der Waals surface area contributed by atoms with E-state index in [-0.39, 0.29) is 10.8 Å². The Balaban J connectivity index is 2.04. The van der Waals surface area contributed by atoms with Crippen LogP contribution in [0.15, 0.2) is 29.1 Å². The van der Waals surface area contributed by atoms with Crippen molar-refractivity contribution in [1.82, 2.24) is 0 Å². The van der Waals surface area contributed by atoms with Gasteiger partial charge in [0.1, 0.15) is 24.4 Å². The molecule has 0 amide bonds. The lowest BCUT2D eigenvalue weighted by Gasteiger charge is -2.39. The second-order valence-electron chi connectivity index (χ2n) is 6.09. The Morgan fingerprint density at radius 2 is 1.70 bits per heavy atom. The van der Waals surface area contributed by atoms with Crippen molar-refractivity contribution in [2.75, 3.05) is 6.61 Å². The molecule has 0 aliphatic carbocycles. The number of ether oxygens (including phenoxy) is 2. The van der Waals surface area contributed by atoms with Crippen LogP contribution in [-0.4, -0.2) is 73.1 Å². The van der Waals surface area contributed by atoms with Crippen molar-refractivity contribution in [1.29, 1.82) is 0 Å². The molecule has 10 nitrogen and oxygen atoms in total. The van der Waals surface area contributed by atoms with Crippen LogP contribution in [0.1, 0.15) is 0 Å². The number of aliphatic hydroxyl groups excluding tert-OH is 4. The Bertz CT molecular complexity index is 912. The van der Waals surface area contributed by atoms with Crippen LogP contribution in [0.5, 0.6) is 23.0 Å². The van der Waals surface area contributed by atoms with Gasteiger partial charge in [-0.25, -0.2) is 0 Å². The smallest absolute Gasteiger partial charge is 0.231 e. The van der Waals surface area contributed by atoms with Crippen LogP contribution in [0.2, 0.25) is 0 Å². The van der Waals surface area contributed by atoms with Crippen LogP contribution in [0.4, 0.5) is 0 Å². The molecule has 0 spiro atoms. The van der Waals surface area contributed by atoms with E-state index in [1.807, 2.05) is 0 Å². The van der Waals surface area contributed by atoms with Gasteiger partial charge in [0, 0.05) is 0 Å². The Morgan fingerprint density at radius 1 is 1.00 bits per heavy atom. The van der Waals surface area contributed by atoms with E-state index in [1.54, 1.807) is 0 Å². The standard InChI is InChI=1S/C17H18O10/c18-5-9-13(22)15(24)16(25)17(27-9)26-8-4-6-2-1-3-7(19)11(20)10(6)14(23)12(8)21/h1-4,9,13,15-18,21-25H,5H2,(H,19,20)/t9-,13-,15+,16-,17-/m1/s1. The highest BCUT2D eigenvalue weighted by Gasteiger charge is 2.45. The predicted octanol–water partition coefficient (Wildman–Crippen LogP) is -1.50.